The van der Waals surface area contributed by atoms with Gasteiger partial charge in [-0.05, 0) is 37.4 Å². The topological polar surface area (TPSA) is 46.2 Å². The molecule has 1 aliphatic rings. The first-order chi connectivity index (χ1) is 8.09. The average Bonchev–Trinajstić information content (AvgIpc) is 3.09. The molecule has 1 N–H and O–H groups in total. The van der Waals surface area contributed by atoms with Crippen LogP contribution in [0.1, 0.15) is 12.8 Å². The van der Waals surface area contributed by atoms with E-state index in [4.69, 9.17) is 11.6 Å². The summed E-state index contributed by atoms with van der Waals surface area (Å²) in [7, 11) is -3.26. The van der Waals surface area contributed by atoms with E-state index in [9.17, 15) is 8.42 Å². The van der Waals surface area contributed by atoms with E-state index in [1.54, 1.807) is 24.3 Å². The lowest BCUT2D eigenvalue weighted by Crippen LogP contribution is -2.25. The zero-order chi connectivity index (χ0) is 12.3. The summed E-state index contributed by atoms with van der Waals surface area (Å²) in [5, 5.41) is 3.47. The van der Waals surface area contributed by atoms with Crippen molar-refractivity contribution in [1.29, 1.82) is 0 Å². The van der Waals surface area contributed by atoms with Crippen LogP contribution in [0.5, 0.6) is 0 Å². The van der Waals surface area contributed by atoms with Gasteiger partial charge in [0.15, 0.2) is 9.84 Å². The molecule has 0 heterocycles. The molecule has 0 unspecified atom stereocenters. The maximum absolute atomic E-state index is 12.0. The standard InChI is InChI=1S/C12H16ClNO2S/c13-11-3-1-2-4-12(11)17(15,16)8-7-14-9-10-5-6-10/h1-4,10,14H,5-9H2. The van der Waals surface area contributed by atoms with Gasteiger partial charge >= 0.3 is 0 Å². The smallest absolute Gasteiger partial charge is 0.181 e. The number of hydrogen-bond donors (Lipinski definition) is 1. The molecule has 1 aromatic carbocycles. The van der Waals surface area contributed by atoms with E-state index in [1.807, 2.05) is 0 Å². The van der Waals surface area contributed by atoms with E-state index >= 15 is 0 Å². The number of hydrogen-bond acceptors (Lipinski definition) is 3. The molecule has 1 aromatic rings. The molecular formula is C12H16ClNO2S. The van der Waals surface area contributed by atoms with Crippen molar-refractivity contribution < 1.29 is 8.42 Å². The second kappa shape index (κ2) is 5.38. The SMILES string of the molecule is O=S(=O)(CCNCC1CC1)c1ccccc1Cl. The van der Waals surface area contributed by atoms with Crippen molar-refractivity contribution in [1.82, 2.24) is 5.32 Å². The van der Waals surface area contributed by atoms with E-state index < -0.39 is 9.84 Å². The van der Waals surface area contributed by atoms with Gasteiger partial charge in [-0.3, -0.25) is 0 Å². The number of benzene rings is 1. The Balaban J connectivity index is 1.91. The Morgan fingerprint density at radius 2 is 2.00 bits per heavy atom. The summed E-state index contributed by atoms with van der Waals surface area (Å²) in [4.78, 5) is 0.231. The minimum absolute atomic E-state index is 0.101. The fourth-order valence-corrected chi connectivity index (χ4v) is 3.41. The van der Waals surface area contributed by atoms with Gasteiger partial charge in [-0.25, -0.2) is 8.42 Å². The molecule has 1 saturated carbocycles. The molecule has 1 aliphatic carbocycles. The van der Waals surface area contributed by atoms with Crippen LogP contribution in [0.4, 0.5) is 0 Å². The molecular weight excluding hydrogens is 258 g/mol. The summed E-state index contributed by atoms with van der Waals surface area (Å²) >= 11 is 5.88. The Bertz CT molecular complexity index is 483. The largest absolute Gasteiger partial charge is 0.315 e. The second-order valence-electron chi connectivity index (χ2n) is 4.40. The molecule has 0 aromatic heterocycles. The normalized spacial score (nSPS) is 16.1. The van der Waals surface area contributed by atoms with Gasteiger partial charge in [-0.15, -0.1) is 0 Å². The average molecular weight is 274 g/mol. The van der Waals surface area contributed by atoms with Gasteiger partial charge in [-0.1, -0.05) is 23.7 Å². The van der Waals surface area contributed by atoms with Gasteiger partial charge in [0.05, 0.1) is 15.7 Å². The molecule has 0 bridgehead atoms. The maximum Gasteiger partial charge on any atom is 0.181 e. The molecule has 0 aliphatic heterocycles. The third-order valence-electron chi connectivity index (χ3n) is 2.85. The fraction of sp³-hybridized carbons (Fsp3) is 0.500. The minimum atomic E-state index is -3.26. The van der Waals surface area contributed by atoms with Gasteiger partial charge in [0.1, 0.15) is 0 Å². The van der Waals surface area contributed by atoms with Crippen molar-refractivity contribution in [2.45, 2.75) is 17.7 Å². The summed E-state index contributed by atoms with van der Waals surface area (Å²) in [6, 6.07) is 6.58. The molecule has 2 rings (SSSR count). The Morgan fingerprint density at radius 1 is 1.29 bits per heavy atom. The van der Waals surface area contributed by atoms with Crippen LogP contribution in [0, 0.1) is 5.92 Å². The van der Waals surface area contributed by atoms with Crippen LogP contribution in [0.25, 0.3) is 0 Å². The summed E-state index contributed by atoms with van der Waals surface area (Å²) in [6.45, 7) is 1.42. The van der Waals surface area contributed by atoms with E-state index in [-0.39, 0.29) is 10.6 Å². The molecule has 5 heteroatoms. The molecule has 0 saturated heterocycles. The molecule has 0 radical (unpaired) electrons. The first kappa shape index (κ1) is 12.9. The molecule has 0 spiro atoms. The lowest BCUT2D eigenvalue weighted by Gasteiger charge is -2.07. The van der Waals surface area contributed by atoms with E-state index in [2.05, 4.69) is 5.32 Å². The highest BCUT2D eigenvalue weighted by Gasteiger charge is 2.21. The number of sulfone groups is 1. The monoisotopic (exact) mass is 273 g/mol. The van der Waals surface area contributed by atoms with Crippen molar-refractivity contribution in [2.75, 3.05) is 18.8 Å². The van der Waals surface area contributed by atoms with E-state index in [0.29, 0.717) is 11.6 Å². The van der Waals surface area contributed by atoms with Crippen LogP contribution in [0.3, 0.4) is 0 Å². The Labute approximate surface area is 107 Å². The maximum atomic E-state index is 12.0. The molecule has 17 heavy (non-hydrogen) atoms. The first-order valence-corrected chi connectivity index (χ1v) is 7.80. The molecule has 94 valence electrons. The van der Waals surface area contributed by atoms with Gasteiger partial charge in [0, 0.05) is 6.54 Å². The summed E-state index contributed by atoms with van der Waals surface area (Å²) in [6.07, 6.45) is 2.54. The Kier molecular flexibility index (Phi) is 4.07. The predicted octanol–water partition coefficient (Wildman–Crippen LogP) is 2.11. The zero-order valence-corrected chi connectivity index (χ0v) is 11.1. The minimum Gasteiger partial charge on any atom is -0.315 e. The van der Waals surface area contributed by atoms with Crippen LogP contribution in [0.2, 0.25) is 5.02 Å². The van der Waals surface area contributed by atoms with Crippen LogP contribution >= 0.6 is 11.6 Å². The van der Waals surface area contributed by atoms with E-state index in [1.165, 1.54) is 12.8 Å². The van der Waals surface area contributed by atoms with Crippen molar-refractivity contribution in [2.24, 2.45) is 5.92 Å². The highest BCUT2D eigenvalue weighted by atomic mass is 35.5. The number of rotatable bonds is 6. The van der Waals surface area contributed by atoms with Crippen LogP contribution in [-0.4, -0.2) is 27.3 Å². The molecule has 0 amide bonds. The Hall–Kier alpha value is -0.580. The number of halogens is 1. The van der Waals surface area contributed by atoms with Crippen LogP contribution < -0.4 is 5.32 Å². The van der Waals surface area contributed by atoms with Crippen LogP contribution in [-0.2, 0) is 9.84 Å². The Morgan fingerprint density at radius 3 is 2.65 bits per heavy atom. The van der Waals surface area contributed by atoms with Gasteiger partial charge in [0.25, 0.3) is 0 Å². The fourth-order valence-electron chi connectivity index (χ4n) is 1.64. The predicted molar refractivity (Wildman–Crippen MR) is 69.1 cm³/mol. The third-order valence-corrected chi connectivity index (χ3v) is 5.06. The van der Waals surface area contributed by atoms with Crippen LogP contribution in [0.15, 0.2) is 29.2 Å². The van der Waals surface area contributed by atoms with Crippen molar-refractivity contribution in [3.05, 3.63) is 29.3 Å². The summed E-state index contributed by atoms with van der Waals surface area (Å²) < 4.78 is 24.0. The summed E-state index contributed by atoms with van der Waals surface area (Å²) in [5.74, 6) is 0.863. The third kappa shape index (κ3) is 3.69. The first-order valence-electron chi connectivity index (χ1n) is 5.77. The van der Waals surface area contributed by atoms with Crippen molar-refractivity contribution in [3.8, 4) is 0 Å². The molecule has 1 fully saturated rings. The van der Waals surface area contributed by atoms with E-state index in [0.717, 1.165) is 12.5 Å². The number of nitrogens with one attached hydrogen (secondary N) is 1. The quantitative estimate of drug-likeness (QED) is 0.808. The van der Waals surface area contributed by atoms with Crippen molar-refractivity contribution >= 4 is 21.4 Å². The second-order valence-corrected chi connectivity index (χ2v) is 6.88. The highest BCUT2D eigenvalue weighted by Crippen LogP contribution is 2.27. The summed E-state index contributed by atoms with van der Waals surface area (Å²) in [5.41, 5.74) is 0. The van der Waals surface area contributed by atoms with Gasteiger partial charge < -0.3 is 5.32 Å². The zero-order valence-electron chi connectivity index (χ0n) is 9.52. The van der Waals surface area contributed by atoms with Gasteiger partial charge in [-0.2, -0.15) is 0 Å². The lowest BCUT2D eigenvalue weighted by atomic mass is 10.4. The molecule has 3 nitrogen and oxygen atoms in total. The van der Waals surface area contributed by atoms with Gasteiger partial charge in [0.2, 0.25) is 0 Å². The lowest BCUT2D eigenvalue weighted by molar-refractivity contribution is 0.588. The molecule has 0 atom stereocenters. The van der Waals surface area contributed by atoms with Crippen molar-refractivity contribution in [3.63, 3.8) is 0 Å². The highest BCUT2D eigenvalue weighted by molar-refractivity contribution is 7.91.